The summed E-state index contributed by atoms with van der Waals surface area (Å²) in [6, 6.07) is 9.39. The normalized spacial score (nSPS) is 12.2. The fourth-order valence-corrected chi connectivity index (χ4v) is 2.61. The molecule has 0 heterocycles. The van der Waals surface area contributed by atoms with Crippen LogP contribution in [0, 0.1) is 5.82 Å². The smallest absolute Gasteiger partial charge is 0.130 e. The van der Waals surface area contributed by atoms with Crippen molar-refractivity contribution in [1.82, 2.24) is 0 Å². The Hall–Kier alpha value is -1.10. The summed E-state index contributed by atoms with van der Waals surface area (Å²) in [5, 5.41) is 10.6. The molecular weight excluding hydrogens is 347 g/mol. The van der Waals surface area contributed by atoms with Gasteiger partial charge in [-0.2, -0.15) is 0 Å². The predicted molar refractivity (Wildman–Crippen MR) is 80.8 cm³/mol. The van der Waals surface area contributed by atoms with E-state index in [9.17, 15) is 9.50 Å². The summed E-state index contributed by atoms with van der Waals surface area (Å²) in [6.07, 6.45) is -1.07. The van der Waals surface area contributed by atoms with Crippen LogP contribution in [0.2, 0.25) is 5.02 Å². The molecule has 0 aromatic heterocycles. The molecule has 2 aromatic carbocycles. The van der Waals surface area contributed by atoms with E-state index in [2.05, 4.69) is 15.9 Å². The van der Waals surface area contributed by atoms with Gasteiger partial charge < -0.3 is 9.84 Å². The van der Waals surface area contributed by atoms with Gasteiger partial charge in [0.05, 0.1) is 6.61 Å². The number of hydrogen-bond acceptors (Lipinski definition) is 2. The Morgan fingerprint density at radius 2 is 1.95 bits per heavy atom. The molecule has 5 heteroatoms. The monoisotopic (exact) mass is 358 g/mol. The molecule has 2 rings (SSSR count). The first-order chi connectivity index (χ1) is 9.52. The van der Waals surface area contributed by atoms with Crippen LogP contribution in [0.15, 0.2) is 40.9 Å². The number of aliphatic hydroxyl groups excluding tert-OH is 1. The number of benzene rings is 2. The van der Waals surface area contributed by atoms with E-state index >= 15 is 0 Å². The van der Waals surface area contributed by atoms with Crippen LogP contribution in [-0.4, -0.2) is 11.7 Å². The summed E-state index contributed by atoms with van der Waals surface area (Å²) in [6.45, 7) is 2.44. The molecule has 0 aliphatic heterocycles. The zero-order valence-corrected chi connectivity index (χ0v) is 13.1. The lowest BCUT2D eigenvalue weighted by Crippen LogP contribution is -2.04. The van der Waals surface area contributed by atoms with Gasteiger partial charge in [-0.1, -0.05) is 39.7 Å². The van der Waals surface area contributed by atoms with Crippen LogP contribution in [0.1, 0.15) is 24.2 Å². The van der Waals surface area contributed by atoms with Gasteiger partial charge in [0.25, 0.3) is 0 Å². The SMILES string of the molecule is CCOc1ccc(C(O)c2ccc(Cl)cc2F)c(Br)c1. The first-order valence-electron chi connectivity index (χ1n) is 6.08. The van der Waals surface area contributed by atoms with E-state index in [1.54, 1.807) is 24.3 Å². The van der Waals surface area contributed by atoms with Crippen molar-refractivity contribution < 1.29 is 14.2 Å². The Kier molecular flexibility index (Phi) is 5.02. The third kappa shape index (κ3) is 3.32. The van der Waals surface area contributed by atoms with E-state index in [0.717, 1.165) is 0 Å². The van der Waals surface area contributed by atoms with Gasteiger partial charge in [-0.15, -0.1) is 0 Å². The molecule has 0 aliphatic carbocycles. The molecule has 1 atom stereocenters. The van der Waals surface area contributed by atoms with E-state index in [0.29, 0.717) is 27.4 Å². The summed E-state index contributed by atoms with van der Waals surface area (Å²) in [5.74, 6) is 0.151. The van der Waals surface area contributed by atoms with Crippen molar-refractivity contribution in [2.75, 3.05) is 6.61 Å². The minimum Gasteiger partial charge on any atom is -0.494 e. The Balaban J connectivity index is 2.35. The molecule has 0 spiro atoms. The first kappa shape index (κ1) is 15.3. The van der Waals surface area contributed by atoms with E-state index in [-0.39, 0.29) is 5.56 Å². The second-order valence-corrected chi connectivity index (χ2v) is 5.48. The van der Waals surface area contributed by atoms with Gasteiger partial charge in [0.15, 0.2) is 0 Å². The Bertz CT molecular complexity index is 619. The largest absolute Gasteiger partial charge is 0.494 e. The molecule has 1 unspecified atom stereocenters. The lowest BCUT2D eigenvalue weighted by atomic mass is 10.0. The standard InChI is InChI=1S/C15H13BrClFO2/c1-2-20-10-4-6-11(13(16)8-10)15(19)12-5-3-9(17)7-14(12)18/h3-8,15,19H,2H2,1H3. The molecule has 106 valence electrons. The molecule has 0 amide bonds. The maximum Gasteiger partial charge on any atom is 0.130 e. The van der Waals surface area contributed by atoms with Crippen LogP contribution in [0.3, 0.4) is 0 Å². The Labute approximate surface area is 130 Å². The average Bonchev–Trinajstić information content (AvgIpc) is 2.38. The average molecular weight is 360 g/mol. The lowest BCUT2D eigenvalue weighted by Gasteiger charge is -2.15. The highest BCUT2D eigenvalue weighted by Crippen LogP contribution is 2.33. The molecule has 2 nitrogen and oxygen atoms in total. The molecule has 0 saturated carbocycles. The molecule has 0 radical (unpaired) electrons. The van der Waals surface area contributed by atoms with E-state index in [1.807, 2.05) is 6.92 Å². The van der Waals surface area contributed by atoms with Crippen molar-refractivity contribution in [2.45, 2.75) is 13.0 Å². The summed E-state index contributed by atoms with van der Waals surface area (Å²) < 4.78 is 19.9. The summed E-state index contributed by atoms with van der Waals surface area (Å²) >= 11 is 9.07. The van der Waals surface area contributed by atoms with Crippen molar-refractivity contribution in [1.29, 1.82) is 0 Å². The number of aliphatic hydroxyl groups is 1. The van der Waals surface area contributed by atoms with Crippen LogP contribution < -0.4 is 4.74 Å². The first-order valence-corrected chi connectivity index (χ1v) is 7.25. The van der Waals surface area contributed by atoms with E-state index < -0.39 is 11.9 Å². The summed E-state index contributed by atoms with van der Waals surface area (Å²) in [7, 11) is 0. The second kappa shape index (κ2) is 6.57. The third-order valence-corrected chi connectivity index (χ3v) is 3.76. The van der Waals surface area contributed by atoms with Crippen molar-refractivity contribution in [2.24, 2.45) is 0 Å². The highest BCUT2D eigenvalue weighted by atomic mass is 79.9. The lowest BCUT2D eigenvalue weighted by molar-refractivity contribution is 0.214. The van der Waals surface area contributed by atoms with Gasteiger partial charge in [-0.25, -0.2) is 4.39 Å². The van der Waals surface area contributed by atoms with Gasteiger partial charge in [-0.3, -0.25) is 0 Å². The Morgan fingerprint density at radius 3 is 2.55 bits per heavy atom. The number of ether oxygens (including phenoxy) is 1. The van der Waals surface area contributed by atoms with Gasteiger partial charge in [0, 0.05) is 15.1 Å². The predicted octanol–water partition coefficient (Wildman–Crippen LogP) is 4.72. The third-order valence-electron chi connectivity index (χ3n) is 2.83. The molecule has 20 heavy (non-hydrogen) atoms. The van der Waals surface area contributed by atoms with Crippen molar-refractivity contribution in [3.63, 3.8) is 0 Å². The maximum atomic E-state index is 13.8. The van der Waals surface area contributed by atoms with E-state index in [4.69, 9.17) is 16.3 Å². The van der Waals surface area contributed by atoms with Gasteiger partial charge in [-0.05, 0) is 36.8 Å². The zero-order chi connectivity index (χ0) is 14.7. The van der Waals surface area contributed by atoms with Crippen molar-refractivity contribution in [3.05, 3.63) is 62.8 Å². The van der Waals surface area contributed by atoms with Crippen LogP contribution >= 0.6 is 27.5 Å². The number of rotatable bonds is 4. The quantitative estimate of drug-likeness (QED) is 0.856. The minimum absolute atomic E-state index is 0.180. The molecule has 1 N–H and O–H groups in total. The molecule has 0 fully saturated rings. The molecule has 2 aromatic rings. The van der Waals surface area contributed by atoms with Crippen LogP contribution in [0.25, 0.3) is 0 Å². The van der Waals surface area contributed by atoms with Crippen LogP contribution in [-0.2, 0) is 0 Å². The minimum atomic E-state index is -1.07. The van der Waals surface area contributed by atoms with Crippen molar-refractivity contribution >= 4 is 27.5 Å². The molecule has 0 bridgehead atoms. The van der Waals surface area contributed by atoms with Crippen LogP contribution in [0.5, 0.6) is 5.75 Å². The maximum absolute atomic E-state index is 13.8. The van der Waals surface area contributed by atoms with Crippen molar-refractivity contribution in [3.8, 4) is 5.75 Å². The Morgan fingerprint density at radius 1 is 1.25 bits per heavy atom. The van der Waals surface area contributed by atoms with Gasteiger partial charge >= 0.3 is 0 Å². The fourth-order valence-electron chi connectivity index (χ4n) is 1.88. The van der Waals surface area contributed by atoms with Gasteiger partial charge in [0.2, 0.25) is 0 Å². The number of halogens is 3. The fraction of sp³-hybridized carbons (Fsp3) is 0.200. The molecule has 0 aliphatic rings. The second-order valence-electron chi connectivity index (χ2n) is 4.18. The van der Waals surface area contributed by atoms with Crippen LogP contribution in [0.4, 0.5) is 4.39 Å². The summed E-state index contributed by atoms with van der Waals surface area (Å²) in [4.78, 5) is 0. The molecule has 0 saturated heterocycles. The van der Waals surface area contributed by atoms with Gasteiger partial charge in [0.1, 0.15) is 17.7 Å². The number of hydrogen-bond donors (Lipinski definition) is 1. The zero-order valence-electron chi connectivity index (χ0n) is 10.7. The topological polar surface area (TPSA) is 29.5 Å². The van der Waals surface area contributed by atoms with E-state index in [1.165, 1.54) is 12.1 Å². The summed E-state index contributed by atoms with van der Waals surface area (Å²) in [5.41, 5.74) is 0.744. The molecular formula is C15H13BrClFO2. The highest BCUT2D eigenvalue weighted by Gasteiger charge is 2.18. The highest BCUT2D eigenvalue weighted by molar-refractivity contribution is 9.10.